The van der Waals surface area contributed by atoms with Crippen LogP contribution in [0.1, 0.15) is 39.1 Å². The van der Waals surface area contributed by atoms with Gasteiger partial charge in [0.1, 0.15) is 5.75 Å². The van der Waals surface area contributed by atoms with E-state index in [0.717, 1.165) is 27.6 Å². The van der Waals surface area contributed by atoms with Gasteiger partial charge in [-0.15, -0.1) is 21.5 Å². The molecular formula is C32H27N7O5S2. The summed E-state index contributed by atoms with van der Waals surface area (Å²) in [7, 11) is 1.61. The lowest BCUT2D eigenvalue weighted by Crippen LogP contribution is -2.28. The molecule has 6 rings (SSSR count). The topological polar surface area (TPSA) is 145 Å². The number of hydrogen-bond acceptors (Lipinski definition) is 10. The number of methoxy groups -OCH3 is 1. The number of nitro benzene ring substituents is 1. The second-order valence-electron chi connectivity index (χ2n) is 10.1. The molecule has 2 aromatic heterocycles. The van der Waals surface area contributed by atoms with E-state index >= 15 is 0 Å². The quantitative estimate of drug-likeness (QED) is 0.109. The third kappa shape index (κ3) is 6.67. The highest BCUT2D eigenvalue weighted by atomic mass is 32.2. The van der Waals surface area contributed by atoms with E-state index in [9.17, 15) is 19.7 Å². The van der Waals surface area contributed by atoms with E-state index in [-0.39, 0.29) is 35.5 Å². The first-order valence-corrected chi connectivity index (χ1v) is 16.0. The molecule has 2 amide bonds. The van der Waals surface area contributed by atoms with Crippen molar-refractivity contribution in [1.29, 1.82) is 0 Å². The Balaban J connectivity index is 1.20. The molecule has 0 saturated carbocycles. The van der Waals surface area contributed by atoms with Gasteiger partial charge in [0.25, 0.3) is 17.5 Å². The van der Waals surface area contributed by atoms with Crippen molar-refractivity contribution in [1.82, 2.24) is 25.1 Å². The van der Waals surface area contributed by atoms with Crippen LogP contribution in [0.2, 0.25) is 0 Å². The van der Waals surface area contributed by atoms with Gasteiger partial charge in [0, 0.05) is 29.8 Å². The standard InChI is InChI=1S/C32H27N7O5S2/c1-44-25-15-11-21(12-16-25)27-18-26(28-8-5-17-45-28)36-38(27)30(40)20-46-32-35-34-29(37(32)23-6-3-2-4-7-23)19-33-31(41)22-9-13-24(14-10-22)39(42)43/h2-17,27H,18-20H2,1H3,(H,33,41). The highest BCUT2D eigenvalue weighted by Crippen LogP contribution is 2.35. The monoisotopic (exact) mass is 653 g/mol. The van der Waals surface area contributed by atoms with E-state index in [1.54, 1.807) is 28.0 Å². The number of hydrogen-bond donors (Lipinski definition) is 1. The lowest BCUT2D eigenvalue weighted by atomic mass is 10.0. The van der Waals surface area contributed by atoms with Crippen LogP contribution < -0.4 is 10.1 Å². The Morgan fingerprint density at radius 1 is 1.02 bits per heavy atom. The van der Waals surface area contributed by atoms with Gasteiger partial charge in [0.15, 0.2) is 11.0 Å². The average molecular weight is 654 g/mol. The van der Waals surface area contributed by atoms with Crippen molar-refractivity contribution in [2.75, 3.05) is 12.9 Å². The van der Waals surface area contributed by atoms with Crippen LogP contribution in [0, 0.1) is 10.1 Å². The molecule has 3 aromatic carbocycles. The largest absolute Gasteiger partial charge is 0.497 e. The van der Waals surface area contributed by atoms with Crippen LogP contribution in [0.5, 0.6) is 5.75 Å². The van der Waals surface area contributed by atoms with E-state index in [0.29, 0.717) is 17.4 Å². The van der Waals surface area contributed by atoms with E-state index < -0.39 is 10.8 Å². The molecule has 5 aromatic rings. The minimum Gasteiger partial charge on any atom is -0.497 e. The minimum atomic E-state index is -0.522. The molecule has 3 heterocycles. The molecule has 232 valence electrons. The second kappa shape index (κ2) is 13.7. The predicted molar refractivity (Wildman–Crippen MR) is 174 cm³/mol. The van der Waals surface area contributed by atoms with Crippen LogP contribution in [0.25, 0.3) is 5.69 Å². The number of ether oxygens (including phenoxy) is 1. The zero-order chi connectivity index (χ0) is 32.0. The number of benzene rings is 3. The normalized spacial score (nSPS) is 14.2. The Hall–Kier alpha value is -5.34. The summed E-state index contributed by atoms with van der Waals surface area (Å²) in [6, 6.07) is 26.1. The Morgan fingerprint density at radius 2 is 1.78 bits per heavy atom. The summed E-state index contributed by atoms with van der Waals surface area (Å²) in [5.41, 5.74) is 2.74. The van der Waals surface area contributed by atoms with Gasteiger partial charge >= 0.3 is 0 Å². The summed E-state index contributed by atoms with van der Waals surface area (Å²) >= 11 is 2.81. The summed E-state index contributed by atoms with van der Waals surface area (Å²) in [6.45, 7) is 0.0341. The number of thiophene rings is 1. The molecule has 14 heteroatoms. The Labute approximate surface area is 271 Å². The fraction of sp³-hybridized carbons (Fsp3) is 0.156. The molecule has 1 aliphatic rings. The van der Waals surface area contributed by atoms with Gasteiger partial charge in [-0.3, -0.25) is 24.3 Å². The molecule has 1 aliphatic heterocycles. The molecule has 12 nitrogen and oxygen atoms in total. The molecule has 0 bridgehead atoms. The van der Waals surface area contributed by atoms with Gasteiger partial charge in [-0.2, -0.15) is 5.10 Å². The smallest absolute Gasteiger partial charge is 0.269 e. The summed E-state index contributed by atoms with van der Waals surface area (Å²) < 4.78 is 7.11. The van der Waals surface area contributed by atoms with Gasteiger partial charge in [-0.25, -0.2) is 5.01 Å². The van der Waals surface area contributed by atoms with E-state index in [4.69, 9.17) is 9.84 Å². The van der Waals surface area contributed by atoms with E-state index in [1.807, 2.05) is 72.1 Å². The number of rotatable bonds is 11. The van der Waals surface area contributed by atoms with Crippen molar-refractivity contribution in [2.24, 2.45) is 5.10 Å². The number of amides is 2. The number of para-hydroxylation sites is 1. The predicted octanol–water partition coefficient (Wildman–Crippen LogP) is 5.65. The fourth-order valence-electron chi connectivity index (χ4n) is 4.95. The highest BCUT2D eigenvalue weighted by molar-refractivity contribution is 7.99. The number of carbonyl (C=O) groups excluding carboxylic acids is 2. The van der Waals surface area contributed by atoms with Crippen molar-refractivity contribution in [3.63, 3.8) is 0 Å². The van der Waals surface area contributed by atoms with Crippen molar-refractivity contribution < 1.29 is 19.2 Å². The van der Waals surface area contributed by atoms with Crippen LogP contribution in [-0.2, 0) is 11.3 Å². The molecule has 0 radical (unpaired) electrons. The number of nitro groups is 1. The number of aromatic nitrogens is 3. The van der Waals surface area contributed by atoms with Crippen LogP contribution >= 0.6 is 23.1 Å². The summed E-state index contributed by atoms with van der Waals surface area (Å²) in [6.07, 6.45) is 0.585. The van der Waals surface area contributed by atoms with Crippen molar-refractivity contribution >= 4 is 46.3 Å². The number of hydrazone groups is 1. The maximum atomic E-state index is 13.8. The summed E-state index contributed by atoms with van der Waals surface area (Å²) in [4.78, 5) is 38.0. The molecule has 46 heavy (non-hydrogen) atoms. The van der Waals surface area contributed by atoms with E-state index in [1.165, 1.54) is 36.0 Å². The summed E-state index contributed by atoms with van der Waals surface area (Å²) in [5.74, 6) is 0.628. The summed E-state index contributed by atoms with van der Waals surface area (Å²) in [5, 5.41) is 31.2. The average Bonchev–Trinajstić information content (AvgIpc) is 3.87. The lowest BCUT2D eigenvalue weighted by molar-refractivity contribution is -0.384. The molecule has 0 spiro atoms. The third-order valence-electron chi connectivity index (χ3n) is 7.26. The highest BCUT2D eigenvalue weighted by Gasteiger charge is 2.33. The number of nitrogens with zero attached hydrogens (tertiary/aromatic N) is 6. The first kappa shape index (κ1) is 30.7. The van der Waals surface area contributed by atoms with Crippen molar-refractivity contribution in [3.8, 4) is 11.4 Å². The second-order valence-corrected chi connectivity index (χ2v) is 12.0. The molecule has 0 fully saturated rings. The molecule has 1 atom stereocenters. The van der Waals surface area contributed by atoms with Crippen molar-refractivity contribution in [3.05, 3.63) is 128 Å². The van der Waals surface area contributed by atoms with Crippen molar-refractivity contribution in [2.45, 2.75) is 24.2 Å². The molecule has 0 aliphatic carbocycles. The third-order valence-corrected chi connectivity index (χ3v) is 9.09. The molecule has 0 saturated heterocycles. The first-order chi connectivity index (χ1) is 22.4. The van der Waals surface area contributed by atoms with Gasteiger partial charge in [0.05, 0.1) is 41.0 Å². The molecule has 1 N–H and O–H groups in total. The van der Waals surface area contributed by atoms with Gasteiger partial charge in [-0.1, -0.05) is 48.2 Å². The van der Waals surface area contributed by atoms with Gasteiger partial charge in [0.2, 0.25) is 0 Å². The van der Waals surface area contributed by atoms with Crippen LogP contribution in [0.15, 0.2) is 107 Å². The maximum Gasteiger partial charge on any atom is 0.269 e. The maximum absolute atomic E-state index is 13.8. The molecular weight excluding hydrogens is 627 g/mol. The number of thioether (sulfide) groups is 1. The lowest BCUT2D eigenvalue weighted by Gasteiger charge is -2.22. The minimum absolute atomic E-state index is 0.0341. The van der Waals surface area contributed by atoms with Crippen LogP contribution in [-0.4, -0.2) is 55.1 Å². The number of non-ortho nitro benzene ring substituents is 1. The number of nitrogens with one attached hydrogen (secondary N) is 1. The fourth-order valence-corrected chi connectivity index (χ4v) is 6.49. The van der Waals surface area contributed by atoms with Crippen LogP contribution in [0.4, 0.5) is 5.69 Å². The zero-order valence-corrected chi connectivity index (χ0v) is 26.1. The van der Waals surface area contributed by atoms with Gasteiger partial charge < -0.3 is 10.1 Å². The Kier molecular flexibility index (Phi) is 9.17. The Bertz CT molecular complexity index is 1880. The molecule has 1 unspecified atom stereocenters. The first-order valence-electron chi connectivity index (χ1n) is 14.1. The number of carbonyl (C=O) groups is 2. The zero-order valence-electron chi connectivity index (χ0n) is 24.5. The Morgan fingerprint density at radius 3 is 2.46 bits per heavy atom. The van der Waals surface area contributed by atoms with E-state index in [2.05, 4.69) is 15.5 Å². The SMILES string of the molecule is COc1ccc(C2CC(c3cccs3)=NN2C(=O)CSc2nnc(CNC(=O)c3ccc([N+](=O)[O-])cc3)n2-c2ccccc2)cc1. The van der Waals surface area contributed by atoms with Gasteiger partial charge in [-0.05, 0) is 53.4 Å². The van der Waals surface area contributed by atoms with Crippen LogP contribution in [0.3, 0.4) is 0 Å².